The number of rotatable bonds is 3. The van der Waals surface area contributed by atoms with Crippen molar-refractivity contribution in [2.45, 2.75) is 33.8 Å². The number of hydrogen-bond acceptors (Lipinski definition) is 4. The van der Waals surface area contributed by atoms with Crippen LogP contribution in [0, 0.1) is 13.8 Å². The first kappa shape index (κ1) is 14.2. The van der Waals surface area contributed by atoms with Crippen molar-refractivity contribution in [2.75, 3.05) is 7.11 Å². The third kappa shape index (κ3) is 2.88. The standard InChI is InChI=1S/C14H18O4/c1-8(2)18-13(15)11-7-6-9(3)10(4)12(11)14(16)17-5/h6-8H,1-5H3. The first-order chi connectivity index (χ1) is 8.38. The highest BCUT2D eigenvalue weighted by Gasteiger charge is 2.22. The van der Waals surface area contributed by atoms with E-state index in [1.807, 2.05) is 6.92 Å². The van der Waals surface area contributed by atoms with Crippen LogP contribution in [0.1, 0.15) is 45.7 Å². The van der Waals surface area contributed by atoms with Gasteiger partial charge in [-0.3, -0.25) is 0 Å². The molecule has 0 amide bonds. The van der Waals surface area contributed by atoms with Crippen molar-refractivity contribution in [2.24, 2.45) is 0 Å². The summed E-state index contributed by atoms with van der Waals surface area (Å²) in [5.41, 5.74) is 2.19. The van der Waals surface area contributed by atoms with Crippen LogP contribution < -0.4 is 0 Å². The zero-order valence-corrected chi connectivity index (χ0v) is 11.4. The fourth-order valence-electron chi connectivity index (χ4n) is 1.63. The van der Waals surface area contributed by atoms with E-state index in [0.29, 0.717) is 0 Å². The summed E-state index contributed by atoms with van der Waals surface area (Å²) in [7, 11) is 1.29. The lowest BCUT2D eigenvalue weighted by Crippen LogP contribution is -2.18. The van der Waals surface area contributed by atoms with Crippen molar-refractivity contribution in [3.05, 3.63) is 34.4 Å². The summed E-state index contributed by atoms with van der Waals surface area (Å²) in [4.78, 5) is 23.7. The topological polar surface area (TPSA) is 52.6 Å². The molecule has 0 heterocycles. The van der Waals surface area contributed by atoms with E-state index in [-0.39, 0.29) is 17.2 Å². The Kier molecular flexibility index (Phi) is 4.48. The third-order valence-electron chi connectivity index (χ3n) is 2.69. The highest BCUT2D eigenvalue weighted by atomic mass is 16.5. The lowest BCUT2D eigenvalue weighted by molar-refractivity contribution is 0.0368. The molecule has 0 bridgehead atoms. The molecular formula is C14H18O4. The zero-order valence-electron chi connectivity index (χ0n) is 11.4. The van der Waals surface area contributed by atoms with E-state index in [1.165, 1.54) is 7.11 Å². The number of carbonyl (C=O) groups excluding carboxylic acids is 2. The summed E-state index contributed by atoms with van der Waals surface area (Å²) in [6.45, 7) is 7.18. The van der Waals surface area contributed by atoms with Gasteiger partial charge in [-0.05, 0) is 44.9 Å². The Morgan fingerprint density at radius 3 is 2.22 bits per heavy atom. The van der Waals surface area contributed by atoms with E-state index in [0.717, 1.165) is 11.1 Å². The maximum atomic E-state index is 11.9. The molecule has 1 rings (SSSR count). The Morgan fingerprint density at radius 2 is 1.72 bits per heavy atom. The maximum absolute atomic E-state index is 11.9. The molecular weight excluding hydrogens is 232 g/mol. The molecule has 0 radical (unpaired) electrons. The first-order valence-corrected chi connectivity index (χ1v) is 5.78. The molecule has 1 aromatic carbocycles. The molecule has 0 aliphatic carbocycles. The Hall–Kier alpha value is -1.84. The van der Waals surface area contributed by atoms with Gasteiger partial charge in [-0.15, -0.1) is 0 Å². The number of carbonyl (C=O) groups is 2. The fraction of sp³-hybridized carbons (Fsp3) is 0.429. The quantitative estimate of drug-likeness (QED) is 0.774. The second kappa shape index (κ2) is 5.67. The zero-order chi connectivity index (χ0) is 13.9. The SMILES string of the molecule is COC(=O)c1c(C(=O)OC(C)C)ccc(C)c1C. The van der Waals surface area contributed by atoms with E-state index < -0.39 is 11.9 Å². The number of esters is 2. The van der Waals surface area contributed by atoms with Crippen molar-refractivity contribution in [3.63, 3.8) is 0 Å². The minimum atomic E-state index is -0.521. The van der Waals surface area contributed by atoms with Crippen LogP contribution in [-0.4, -0.2) is 25.2 Å². The monoisotopic (exact) mass is 250 g/mol. The summed E-state index contributed by atoms with van der Waals surface area (Å²) >= 11 is 0. The average Bonchev–Trinajstić information content (AvgIpc) is 2.30. The van der Waals surface area contributed by atoms with Crippen molar-refractivity contribution in [1.29, 1.82) is 0 Å². The number of aryl methyl sites for hydroxylation is 1. The third-order valence-corrected chi connectivity index (χ3v) is 2.69. The molecule has 0 aliphatic rings. The minimum Gasteiger partial charge on any atom is -0.465 e. The Labute approximate surface area is 107 Å². The molecule has 0 saturated carbocycles. The smallest absolute Gasteiger partial charge is 0.339 e. The van der Waals surface area contributed by atoms with E-state index in [2.05, 4.69) is 0 Å². The van der Waals surface area contributed by atoms with Gasteiger partial charge in [-0.2, -0.15) is 0 Å². The number of benzene rings is 1. The normalized spacial score (nSPS) is 10.3. The van der Waals surface area contributed by atoms with Gasteiger partial charge in [-0.1, -0.05) is 6.07 Å². The van der Waals surface area contributed by atoms with Crippen molar-refractivity contribution in [3.8, 4) is 0 Å². The van der Waals surface area contributed by atoms with Crippen LogP contribution in [0.4, 0.5) is 0 Å². The number of ether oxygens (including phenoxy) is 2. The number of methoxy groups -OCH3 is 1. The van der Waals surface area contributed by atoms with Crippen LogP contribution in [0.5, 0.6) is 0 Å². The van der Waals surface area contributed by atoms with Gasteiger partial charge in [0.1, 0.15) is 0 Å². The van der Waals surface area contributed by atoms with Crippen LogP contribution >= 0.6 is 0 Å². The Balaban J connectivity index is 3.31. The lowest BCUT2D eigenvalue weighted by atomic mass is 9.97. The molecule has 0 fully saturated rings. The molecule has 1 aromatic rings. The molecule has 0 saturated heterocycles. The van der Waals surface area contributed by atoms with Gasteiger partial charge in [0.2, 0.25) is 0 Å². The summed E-state index contributed by atoms with van der Waals surface area (Å²) in [6.07, 6.45) is -0.232. The highest BCUT2D eigenvalue weighted by molar-refractivity contribution is 6.04. The minimum absolute atomic E-state index is 0.232. The van der Waals surface area contributed by atoms with Gasteiger partial charge in [-0.25, -0.2) is 9.59 Å². The molecule has 0 aromatic heterocycles. The van der Waals surface area contributed by atoms with E-state index in [9.17, 15) is 9.59 Å². The summed E-state index contributed by atoms with van der Waals surface area (Å²) < 4.78 is 9.84. The second-order valence-electron chi connectivity index (χ2n) is 4.38. The van der Waals surface area contributed by atoms with Gasteiger partial charge in [0, 0.05) is 0 Å². The van der Waals surface area contributed by atoms with Gasteiger partial charge >= 0.3 is 11.9 Å². The van der Waals surface area contributed by atoms with E-state index in [4.69, 9.17) is 9.47 Å². The predicted molar refractivity (Wildman–Crippen MR) is 67.8 cm³/mol. The second-order valence-corrected chi connectivity index (χ2v) is 4.38. The average molecular weight is 250 g/mol. The van der Waals surface area contributed by atoms with Crippen LogP contribution in [0.3, 0.4) is 0 Å². The van der Waals surface area contributed by atoms with Gasteiger partial charge in [0.25, 0.3) is 0 Å². The number of hydrogen-bond donors (Lipinski definition) is 0. The lowest BCUT2D eigenvalue weighted by Gasteiger charge is -2.14. The van der Waals surface area contributed by atoms with Crippen LogP contribution in [0.2, 0.25) is 0 Å². The predicted octanol–water partition coefficient (Wildman–Crippen LogP) is 2.66. The van der Waals surface area contributed by atoms with Gasteiger partial charge < -0.3 is 9.47 Å². The fourth-order valence-corrected chi connectivity index (χ4v) is 1.63. The summed E-state index contributed by atoms with van der Waals surface area (Å²) in [6, 6.07) is 3.39. The summed E-state index contributed by atoms with van der Waals surface area (Å²) in [5.74, 6) is -1.03. The van der Waals surface area contributed by atoms with Crippen LogP contribution in [-0.2, 0) is 9.47 Å². The van der Waals surface area contributed by atoms with E-state index >= 15 is 0 Å². The van der Waals surface area contributed by atoms with Gasteiger partial charge in [0.05, 0.1) is 24.3 Å². The molecule has 0 spiro atoms. The largest absolute Gasteiger partial charge is 0.465 e. The maximum Gasteiger partial charge on any atom is 0.339 e. The highest BCUT2D eigenvalue weighted by Crippen LogP contribution is 2.20. The molecule has 98 valence electrons. The molecule has 0 atom stereocenters. The van der Waals surface area contributed by atoms with Gasteiger partial charge in [0.15, 0.2) is 0 Å². The molecule has 4 nitrogen and oxygen atoms in total. The van der Waals surface area contributed by atoms with Crippen LogP contribution in [0.25, 0.3) is 0 Å². The molecule has 0 N–H and O–H groups in total. The Morgan fingerprint density at radius 1 is 1.11 bits per heavy atom. The molecule has 4 heteroatoms. The molecule has 18 heavy (non-hydrogen) atoms. The van der Waals surface area contributed by atoms with Crippen molar-refractivity contribution >= 4 is 11.9 Å². The van der Waals surface area contributed by atoms with Crippen molar-refractivity contribution < 1.29 is 19.1 Å². The van der Waals surface area contributed by atoms with E-state index in [1.54, 1.807) is 32.9 Å². The van der Waals surface area contributed by atoms with Crippen LogP contribution in [0.15, 0.2) is 12.1 Å². The Bertz CT molecular complexity index is 475. The molecule has 0 aliphatic heterocycles. The summed E-state index contributed by atoms with van der Waals surface area (Å²) in [5, 5.41) is 0. The first-order valence-electron chi connectivity index (χ1n) is 5.78. The molecule has 0 unspecified atom stereocenters. The van der Waals surface area contributed by atoms with Crippen molar-refractivity contribution in [1.82, 2.24) is 0 Å².